The van der Waals surface area contributed by atoms with Crippen LogP contribution < -0.4 is 10.6 Å². The topological polar surface area (TPSA) is 108 Å². The molecular weight excluding hydrogens is 348 g/mol. The number of nitrogens with one attached hydrogen (secondary N) is 2. The molecule has 0 saturated carbocycles. The minimum Gasteiger partial charge on any atom is -0.379 e. The Balaban J connectivity index is 2.31. The Labute approximate surface area is 150 Å². The van der Waals surface area contributed by atoms with E-state index in [0.29, 0.717) is 17.3 Å². The molecule has 0 aliphatic carbocycles. The van der Waals surface area contributed by atoms with Crippen LogP contribution in [-0.4, -0.2) is 81.9 Å². The molecule has 9 nitrogen and oxygen atoms in total. The summed E-state index contributed by atoms with van der Waals surface area (Å²) in [5.74, 6) is 0. The normalized spacial score (nSPS) is 15.6. The number of unbranched alkanes of at least 4 members (excludes halogenated alkanes) is 2. The molecule has 4 amide bonds. The Bertz CT molecular complexity index is 520. The molecule has 0 aromatic carbocycles. The first kappa shape index (κ1) is 21.7. The average Bonchev–Trinajstić information content (AvgIpc) is 2.55. The summed E-state index contributed by atoms with van der Waals surface area (Å²) in [7, 11) is -3.71. The zero-order valence-corrected chi connectivity index (χ0v) is 15.9. The van der Waals surface area contributed by atoms with E-state index in [0.717, 1.165) is 58.4 Å². The van der Waals surface area contributed by atoms with Crippen LogP contribution in [0.25, 0.3) is 0 Å². The summed E-state index contributed by atoms with van der Waals surface area (Å²) in [6.45, 7) is 6.51. The first-order valence-electron chi connectivity index (χ1n) is 8.71. The standard InChI is InChI=1S/C15H30N4O5S/c1-3-4-5-9-19(25(2,22)23)15(21)17-14(20)16-7-6-8-18-10-12-24-13-11-18/h3-13H2,1-2H3,(H2,16,17,20,21). The van der Waals surface area contributed by atoms with Crippen LogP contribution in [0, 0.1) is 0 Å². The van der Waals surface area contributed by atoms with Gasteiger partial charge in [0.25, 0.3) is 0 Å². The molecule has 0 radical (unpaired) electrons. The highest BCUT2D eigenvalue weighted by atomic mass is 32.2. The minimum atomic E-state index is -3.71. The number of carbonyl (C=O) groups excluding carboxylic acids is 2. The molecule has 0 unspecified atom stereocenters. The van der Waals surface area contributed by atoms with E-state index in [1.807, 2.05) is 6.92 Å². The van der Waals surface area contributed by atoms with Crippen molar-refractivity contribution in [3.63, 3.8) is 0 Å². The van der Waals surface area contributed by atoms with Crippen molar-refractivity contribution in [3.05, 3.63) is 0 Å². The highest BCUT2D eigenvalue weighted by molar-refractivity contribution is 7.88. The van der Waals surface area contributed by atoms with Gasteiger partial charge in [-0.1, -0.05) is 19.8 Å². The van der Waals surface area contributed by atoms with Gasteiger partial charge in [-0.2, -0.15) is 0 Å². The third-order valence-corrected chi connectivity index (χ3v) is 5.00. The van der Waals surface area contributed by atoms with E-state index in [1.54, 1.807) is 0 Å². The predicted octanol–water partition coefficient (Wildman–Crippen LogP) is 0.580. The smallest absolute Gasteiger partial charge is 0.339 e. The molecule has 1 fully saturated rings. The van der Waals surface area contributed by atoms with Gasteiger partial charge in [-0.3, -0.25) is 10.2 Å². The van der Waals surface area contributed by atoms with Crippen molar-refractivity contribution in [1.29, 1.82) is 0 Å². The van der Waals surface area contributed by atoms with E-state index < -0.39 is 22.1 Å². The molecule has 25 heavy (non-hydrogen) atoms. The number of rotatable bonds is 9. The van der Waals surface area contributed by atoms with Crippen LogP contribution in [0.5, 0.6) is 0 Å². The summed E-state index contributed by atoms with van der Waals surface area (Å²) < 4.78 is 29.4. The zero-order valence-electron chi connectivity index (χ0n) is 15.1. The zero-order chi connectivity index (χ0) is 18.7. The molecule has 0 aromatic rings. The third-order valence-electron chi connectivity index (χ3n) is 3.85. The van der Waals surface area contributed by atoms with Gasteiger partial charge < -0.3 is 10.1 Å². The summed E-state index contributed by atoms with van der Waals surface area (Å²) >= 11 is 0. The van der Waals surface area contributed by atoms with Gasteiger partial charge >= 0.3 is 12.1 Å². The summed E-state index contributed by atoms with van der Waals surface area (Å²) in [5.41, 5.74) is 0. The van der Waals surface area contributed by atoms with Crippen LogP contribution in [-0.2, 0) is 14.8 Å². The van der Waals surface area contributed by atoms with Crippen LogP contribution in [0.4, 0.5) is 9.59 Å². The van der Waals surface area contributed by atoms with E-state index in [-0.39, 0.29) is 6.54 Å². The van der Waals surface area contributed by atoms with Gasteiger partial charge in [0.1, 0.15) is 0 Å². The summed E-state index contributed by atoms with van der Waals surface area (Å²) in [6.07, 6.45) is 3.99. The number of urea groups is 2. The fourth-order valence-corrected chi connectivity index (χ4v) is 3.26. The van der Waals surface area contributed by atoms with Gasteiger partial charge in [-0.15, -0.1) is 0 Å². The molecule has 2 N–H and O–H groups in total. The highest BCUT2D eigenvalue weighted by Gasteiger charge is 2.24. The van der Waals surface area contributed by atoms with E-state index in [2.05, 4.69) is 15.5 Å². The maximum atomic E-state index is 12.0. The number of hydrogen-bond acceptors (Lipinski definition) is 6. The summed E-state index contributed by atoms with van der Waals surface area (Å²) in [6, 6.07) is -1.60. The Hall–Kier alpha value is -1.39. The Morgan fingerprint density at radius 3 is 2.44 bits per heavy atom. The second-order valence-electron chi connectivity index (χ2n) is 6.04. The molecule has 1 rings (SSSR count). The first-order chi connectivity index (χ1) is 11.8. The number of morpholine rings is 1. The van der Waals surface area contributed by atoms with Crippen molar-refractivity contribution < 1.29 is 22.7 Å². The summed E-state index contributed by atoms with van der Waals surface area (Å²) in [4.78, 5) is 26.0. The molecule has 1 heterocycles. The maximum Gasteiger partial charge on any atom is 0.339 e. The van der Waals surface area contributed by atoms with Crippen molar-refractivity contribution >= 4 is 22.1 Å². The van der Waals surface area contributed by atoms with Crippen LogP contribution in [0.3, 0.4) is 0 Å². The van der Waals surface area contributed by atoms with Crippen LogP contribution in [0.1, 0.15) is 32.6 Å². The fourth-order valence-electron chi connectivity index (χ4n) is 2.46. The average molecular weight is 378 g/mol. The molecule has 1 aliphatic rings. The second-order valence-corrected chi connectivity index (χ2v) is 7.94. The highest BCUT2D eigenvalue weighted by Crippen LogP contribution is 2.04. The lowest BCUT2D eigenvalue weighted by Gasteiger charge is -2.26. The Morgan fingerprint density at radius 1 is 1.16 bits per heavy atom. The number of imide groups is 1. The Morgan fingerprint density at radius 2 is 1.84 bits per heavy atom. The number of hydrogen-bond donors (Lipinski definition) is 2. The van der Waals surface area contributed by atoms with Gasteiger partial charge in [-0.05, 0) is 19.4 Å². The fraction of sp³-hybridized carbons (Fsp3) is 0.867. The van der Waals surface area contributed by atoms with Crippen LogP contribution in [0.15, 0.2) is 0 Å². The minimum absolute atomic E-state index is 0.0722. The maximum absolute atomic E-state index is 12.0. The molecule has 10 heteroatoms. The molecule has 1 saturated heterocycles. The van der Waals surface area contributed by atoms with E-state index in [4.69, 9.17) is 4.74 Å². The number of ether oxygens (including phenoxy) is 1. The first-order valence-corrected chi connectivity index (χ1v) is 10.6. The molecule has 146 valence electrons. The molecule has 0 bridgehead atoms. The molecule has 0 aromatic heterocycles. The van der Waals surface area contributed by atoms with Crippen molar-refractivity contribution in [2.75, 3.05) is 52.2 Å². The molecule has 0 spiro atoms. The summed E-state index contributed by atoms with van der Waals surface area (Å²) in [5, 5.41) is 4.65. The van der Waals surface area contributed by atoms with Crippen molar-refractivity contribution in [1.82, 2.24) is 19.8 Å². The van der Waals surface area contributed by atoms with Crippen LogP contribution in [0.2, 0.25) is 0 Å². The molecular formula is C15H30N4O5S. The van der Waals surface area contributed by atoms with Gasteiger partial charge in [0.15, 0.2) is 0 Å². The van der Waals surface area contributed by atoms with E-state index in [1.165, 1.54) is 0 Å². The largest absolute Gasteiger partial charge is 0.379 e. The van der Waals surface area contributed by atoms with Crippen LogP contribution >= 0.6 is 0 Å². The van der Waals surface area contributed by atoms with Crippen molar-refractivity contribution in [2.45, 2.75) is 32.6 Å². The molecule has 0 atom stereocenters. The number of carbonyl (C=O) groups is 2. The third kappa shape index (κ3) is 9.03. The van der Waals surface area contributed by atoms with Gasteiger partial charge in [0.05, 0.1) is 19.5 Å². The van der Waals surface area contributed by atoms with E-state index in [9.17, 15) is 18.0 Å². The van der Waals surface area contributed by atoms with E-state index >= 15 is 0 Å². The van der Waals surface area contributed by atoms with Crippen molar-refractivity contribution in [3.8, 4) is 0 Å². The van der Waals surface area contributed by atoms with Crippen molar-refractivity contribution in [2.24, 2.45) is 0 Å². The second kappa shape index (κ2) is 11.3. The number of nitrogens with zero attached hydrogens (tertiary/aromatic N) is 2. The lowest BCUT2D eigenvalue weighted by Crippen LogP contribution is -2.49. The Kier molecular flexibility index (Phi) is 9.76. The van der Waals surface area contributed by atoms with Gasteiger partial charge in [-0.25, -0.2) is 22.3 Å². The number of sulfonamides is 1. The van der Waals surface area contributed by atoms with Gasteiger partial charge in [0.2, 0.25) is 10.0 Å². The SMILES string of the molecule is CCCCCN(C(=O)NC(=O)NCCCN1CCOCC1)S(C)(=O)=O. The monoisotopic (exact) mass is 378 g/mol. The quantitative estimate of drug-likeness (QED) is 0.568. The lowest BCUT2D eigenvalue weighted by molar-refractivity contribution is 0.0375. The number of amides is 4. The molecule has 1 aliphatic heterocycles. The lowest BCUT2D eigenvalue weighted by atomic mass is 10.2. The predicted molar refractivity (Wildman–Crippen MR) is 94.9 cm³/mol. The van der Waals surface area contributed by atoms with Gasteiger partial charge in [0, 0.05) is 26.2 Å².